The molecule has 0 N–H and O–H groups in total. The van der Waals surface area contributed by atoms with E-state index < -0.39 is 6.10 Å². The zero-order valence-corrected chi connectivity index (χ0v) is 9.37. The Bertz CT molecular complexity index is 342. The highest BCUT2D eigenvalue weighted by atomic mass is 32.2. The highest BCUT2D eigenvalue weighted by molar-refractivity contribution is 7.98. The number of hydrogen-bond donors (Lipinski definition) is 0. The molecule has 1 heterocycles. The lowest BCUT2D eigenvalue weighted by Crippen LogP contribution is -2.26. The molecule has 1 aromatic carbocycles. The van der Waals surface area contributed by atoms with Crippen LogP contribution in [-0.4, -0.2) is 29.7 Å². The van der Waals surface area contributed by atoms with Crippen molar-refractivity contribution in [1.29, 1.82) is 0 Å². The van der Waals surface area contributed by atoms with Gasteiger partial charge in [-0.2, -0.15) is 0 Å². The van der Waals surface area contributed by atoms with E-state index in [-0.39, 0.29) is 5.91 Å². The molecule has 1 aromatic rings. The molecule has 1 fully saturated rings. The summed E-state index contributed by atoms with van der Waals surface area (Å²) in [4.78, 5) is 13.6. The zero-order valence-electron chi connectivity index (χ0n) is 8.55. The van der Waals surface area contributed by atoms with Gasteiger partial charge in [0.1, 0.15) is 6.73 Å². The average Bonchev–Trinajstić information content (AvgIpc) is 2.63. The minimum absolute atomic E-state index is 0.0653. The van der Waals surface area contributed by atoms with Gasteiger partial charge >= 0.3 is 0 Å². The van der Waals surface area contributed by atoms with Gasteiger partial charge in [-0.25, -0.2) is 0 Å². The van der Waals surface area contributed by atoms with Crippen LogP contribution < -0.4 is 0 Å². The Hall–Kier alpha value is -1.00. The lowest BCUT2D eigenvalue weighted by Gasteiger charge is -2.11. The first-order valence-corrected chi connectivity index (χ1v) is 6.16. The molecule has 1 amide bonds. The van der Waals surface area contributed by atoms with Gasteiger partial charge < -0.3 is 9.64 Å². The molecule has 15 heavy (non-hydrogen) atoms. The molecule has 3 nitrogen and oxygen atoms in total. The van der Waals surface area contributed by atoms with Gasteiger partial charge in [0.25, 0.3) is 5.91 Å². The standard InChI is InChI=1S/C11H13NO2S/c1-15-8-12-7-14-10(11(12)13)9-5-3-2-4-6-9/h2-6,10H,7-8H2,1H3/t10-/m1/s1. The van der Waals surface area contributed by atoms with Crippen LogP contribution in [0.4, 0.5) is 0 Å². The normalized spacial score (nSPS) is 21.0. The van der Waals surface area contributed by atoms with Crippen molar-refractivity contribution < 1.29 is 9.53 Å². The Labute approximate surface area is 93.4 Å². The van der Waals surface area contributed by atoms with Crippen LogP contribution in [0.25, 0.3) is 0 Å². The first-order valence-electron chi connectivity index (χ1n) is 4.77. The maximum atomic E-state index is 11.9. The van der Waals surface area contributed by atoms with Crippen molar-refractivity contribution >= 4 is 17.7 Å². The molecule has 0 aliphatic carbocycles. The molecule has 0 radical (unpaired) electrons. The highest BCUT2D eigenvalue weighted by Gasteiger charge is 2.33. The fraction of sp³-hybridized carbons (Fsp3) is 0.364. The maximum absolute atomic E-state index is 11.9. The summed E-state index contributed by atoms with van der Waals surface area (Å²) in [5.74, 6) is 0.762. The Morgan fingerprint density at radius 1 is 1.47 bits per heavy atom. The van der Waals surface area contributed by atoms with E-state index in [1.807, 2.05) is 36.6 Å². The SMILES string of the molecule is CSCN1CO[C@H](c2ccccc2)C1=O. The van der Waals surface area contributed by atoms with Gasteiger partial charge in [-0.1, -0.05) is 30.3 Å². The molecule has 1 aliphatic heterocycles. The van der Waals surface area contributed by atoms with E-state index in [9.17, 15) is 4.79 Å². The summed E-state index contributed by atoms with van der Waals surface area (Å²) in [6, 6.07) is 9.62. The smallest absolute Gasteiger partial charge is 0.258 e. The number of benzene rings is 1. The quantitative estimate of drug-likeness (QED) is 0.783. The van der Waals surface area contributed by atoms with E-state index >= 15 is 0 Å². The Morgan fingerprint density at radius 2 is 2.20 bits per heavy atom. The number of ether oxygens (including phenoxy) is 1. The van der Waals surface area contributed by atoms with Crippen LogP contribution in [0.5, 0.6) is 0 Å². The predicted molar refractivity (Wildman–Crippen MR) is 60.4 cm³/mol. The van der Waals surface area contributed by atoms with Crippen molar-refractivity contribution in [1.82, 2.24) is 4.90 Å². The lowest BCUT2D eigenvalue weighted by molar-refractivity contribution is -0.129. The molecular weight excluding hydrogens is 210 g/mol. The summed E-state index contributed by atoms with van der Waals surface area (Å²) < 4.78 is 5.48. The van der Waals surface area contributed by atoms with Crippen LogP contribution in [0.1, 0.15) is 11.7 Å². The maximum Gasteiger partial charge on any atom is 0.258 e. The van der Waals surface area contributed by atoms with Crippen molar-refractivity contribution in [3.05, 3.63) is 35.9 Å². The van der Waals surface area contributed by atoms with Gasteiger partial charge in [0, 0.05) is 0 Å². The lowest BCUT2D eigenvalue weighted by atomic mass is 10.1. The summed E-state index contributed by atoms with van der Waals surface area (Å²) in [5, 5.41) is 0. The van der Waals surface area contributed by atoms with Gasteiger partial charge in [-0.15, -0.1) is 11.8 Å². The van der Waals surface area contributed by atoms with Gasteiger partial charge in [-0.3, -0.25) is 4.79 Å². The second-order valence-electron chi connectivity index (χ2n) is 3.38. The summed E-state index contributed by atoms with van der Waals surface area (Å²) in [5.41, 5.74) is 0.936. The topological polar surface area (TPSA) is 29.5 Å². The number of nitrogens with zero attached hydrogens (tertiary/aromatic N) is 1. The Morgan fingerprint density at radius 3 is 2.87 bits per heavy atom. The van der Waals surface area contributed by atoms with E-state index in [1.54, 1.807) is 16.7 Å². The molecule has 0 unspecified atom stereocenters. The van der Waals surface area contributed by atoms with E-state index in [0.717, 1.165) is 5.56 Å². The zero-order chi connectivity index (χ0) is 10.7. The van der Waals surface area contributed by atoms with Crippen LogP contribution in [0.2, 0.25) is 0 Å². The number of hydrogen-bond acceptors (Lipinski definition) is 3. The minimum Gasteiger partial charge on any atom is -0.343 e. The van der Waals surface area contributed by atoms with Crippen molar-refractivity contribution in [2.24, 2.45) is 0 Å². The Balaban J connectivity index is 2.11. The third-order valence-corrected chi connectivity index (χ3v) is 2.89. The third kappa shape index (κ3) is 2.16. The second kappa shape index (κ2) is 4.68. The van der Waals surface area contributed by atoms with E-state index in [1.165, 1.54) is 0 Å². The van der Waals surface area contributed by atoms with Crippen molar-refractivity contribution in [2.45, 2.75) is 6.10 Å². The first kappa shape index (κ1) is 10.5. The summed E-state index contributed by atoms with van der Waals surface area (Å²) in [7, 11) is 0. The third-order valence-electron chi connectivity index (χ3n) is 2.32. The van der Waals surface area contributed by atoms with Crippen molar-refractivity contribution in [3.63, 3.8) is 0 Å². The fourth-order valence-corrected chi connectivity index (χ4v) is 2.10. The molecule has 0 saturated carbocycles. The van der Waals surface area contributed by atoms with Crippen LogP contribution in [-0.2, 0) is 9.53 Å². The van der Waals surface area contributed by atoms with Gasteiger partial charge in [0.15, 0.2) is 6.10 Å². The first-order chi connectivity index (χ1) is 7.33. The van der Waals surface area contributed by atoms with Crippen molar-refractivity contribution in [2.75, 3.05) is 18.9 Å². The molecule has 1 aliphatic rings. The number of thioether (sulfide) groups is 1. The average molecular weight is 223 g/mol. The second-order valence-corrected chi connectivity index (χ2v) is 4.22. The molecular formula is C11H13NO2S. The molecule has 1 atom stereocenters. The molecule has 0 bridgehead atoms. The molecule has 0 aromatic heterocycles. The summed E-state index contributed by atoms with van der Waals surface area (Å²) in [6.45, 7) is 0.402. The van der Waals surface area contributed by atoms with Crippen LogP contribution in [0.15, 0.2) is 30.3 Å². The summed E-state index contributed by atoms with van der Waals surface area (Å²) >= 11 is 1.62. The predicted octanol–water partition coefficient (Wildman–Crippen LogP) is 1.86. The van der Waals surface area contributed by atoms with Gasteiger partial charge in [0.2, 0.25) is 0 Å². The van der Waals surface area contributed by atoms with Crippen LogP contribution in [0, 0.1) is 0 Å². The number of amides is 1. The molecule has 2 rings (SSSR count). The molecule has 0 spiro atoms. The van der Waals surface area contributed by atoms with Gasteiger partial charge in [0.05, 0.1) is 5.88 Å². The molecule has 1 saturated heterocycles. The number of rotatable bonds is 3. The summed E-state index contributed by atoms with van der Waals surface area (Å²) in [6.07, 6.45) is 1.57. The highest BCUT2D eigenvalue weighted by Crippen LogP contribution is 2.26. The van der Waals surface area contributed by atoms with Crippen LogP contribution in [0.3, 0.4) is 0 Å². The van der Waals surface area contributed by atoms with Crippen LogP contribution >= 0.6 is 11.8 Å². The fourth-order valence-electron chi connectivity index (χ4n) is 1.59. The Kier molecular flexibility index (Phi) is 3.28. The van der Waals surface area contributed by atoms with Gasteiger partial charge in [-0.05, 0) is 11.8 Å². The number of carbonyl (C=O) groups is 1. The van der Waals surface area contributed by atoms with Crippen molar-refractivity contribution in [3.8, 4) is 0 Å². The van der Waals surface area contributed by atoms with E-state index in [0.29, 0.717) is 12.6 Å². The largest absolute Gasteiger partial charge is 0.343 e. The minimum atomic E-state index is -0.404. The van der Waals surface area contributed by atoms with E-state index in [4.69, 9.17) is 4.74 Å². The van der Waals surface area contributed by atoms with E-state index in [2.05, 4.69) is 0 Å². The molecule has 80 valence electrons. The molecule has 4 heteroatoms. The number of carbonyl (C=O) groups excluding carboxylic acids is 1. The monoisotopic (exact) mass is 223 g/mol.